The molecule has 1 aliphatic heterocycles. The number of ether oxygens (including phenoxy) is 3. The van der Waals surface area contributed by atoms with E-state index in [1.54, 1.807) is 14.2 Å². The molecule has 5 heteroatoms. The monoisotopic (exact) mass is 295 g/mol. The van der Waals surface area contributed by atoms with Crippen molar-refractivity contribution in [3.63, 3.8) is 0 Å². The summed E-state index contributed by atoms with van der Waals surface area (Å²) in [6.45, 7) is 2.96. The molecule has 1 aromatic rings. The zero-order chi connectivity index (χ0) is 15.1. The number of hydrogen-bond acceptors (Lipinski definition) is 5. The van der Waals surface area contributed by atoms with E-state index in [4.69, 9.17) is 14.2 Å². The number of benzene rings is 1. The summed E-state index contributed by atoms with van der Waals surface area (Å²) in [5.41, 5.74) is 1.18. The van der Waals surface area contributed by atoms with Crippen LogP contribution in [0.25, 0.3) is 0 Å². The summed E-state index contributed by atoms with van der Waals surface area (Å²) in [6, 6.07) is 8.25. The number of aliphatic hydroxyl groups excluding tert-OH is 1. The van der Waals surface area contributed by atoms with Crippen LogP contribution in [0, 0.1) is 0 Å². The van der Waals surface area contributed by atoms with E-state index in [1.165, 1.54) is 5.56 Å². The maximum absolute atomic E-state index is 9.49. The molecule has 0 aromatic heterocycles. The zero-order valence-corrected chi connectivity index (χ0v) is 12.8. The van der Waals surface area contributed by atoms with E-state index >= 15 is 0 Å². The summed E-state index contributed by atoms with van der Waals surface area (Å²) in [5.74, 6) is 0.854. The van der Waals surface area contributed by atoms with Crippen LogP contribution in [0.15, 0.2) is 24.3 Å². The summed E-state index contributed by atoms with van der Waals surface area (Å²) in [6.07, 6.45) is 1.10. The van der Waals surface area contributed by atoms with Gasteiger partial charge in [-0.15, -0.1) is 0 Å². The lowest BCUT2D eigenvalue weighted by molar-refractivity contribution is 0.107. The Labute approximate surface area is 126 Å². The van der Waals surface area contributed by atoms with Crippen LogP contribution in [0.4, 0.5) is 0 Å². The highest BCUT2D eigenvalue weighted by atomic mass is 16.5. The summed E-state index contributed by atoms with van der Waals surface area (Å²) in [7, 11) is 3.39. The largest absolute Gasteiger partial charge is 0.491 e. The summed E-state index contributed by atoms with van der Waals surface area (Å²) >= 11 is 0. The molecule has 0 unspecified atom stereocenters. The SMILES string of the molecule is COCCOc1cccc(CN2C[C@@H](OC)C[C@H]2CO)c1. The van der Waals surface area contributed by atoms with E-state index in [2.05, 4.69) is 11.0 Å². The first kappa shape index (κ1) is 16.2. The van der Waals surface area contributed by atoms with Crippen LogP contribution in [0.1, 0.15) is 12.0 Å². The average Bonchev–Trinajstić information content (AvgIpc) is 2.90. The van der Waals surface area contributed by atoms with Gasteiger partial charge in [-0.2, -0.15) is 0 Å². The Balaban J connectivity index is 1.94. The molecule has 118 valence electrons. The lowest BCUT2D eigenvalue weighted by atomic mass is 10.2. The number of rotatable bonds is 8. The topological polar surface area (TPSA) is 51.2 Å². The predicted molar refractivity (Wildman–Crippen MR) is 80.5 cm³/mol. The summed E-state index contributed by atoms with van der Waals surface area (Å²) < 4.78 is 16.0. The third-order valence-electron chi connectivity index (χ3n) is 3.87. The normalized spacial score (nSPS) is 22.6. The maximum atomic E-state index is 9.49. The van der Waals surface area contributed by atoms with Crippen molar-refractivity contribution < 1.29 is 19.3 Å². The highest BCUT2D eigenvalue weighted by Crippen LogP contribution is 2.23. The third kappa shape index (κ3) is 4.68. The standard InChI is InChI=1S/C16H25NO4/c1-19-6-7-21-15-5-3-4-13(8-15)10-17-11-16(20-2)9-14(17)12-18/h3-5,8,14,16,18H,6-7,9-12H2,1-2H3/t14-,16-/m0/s1. The fraction of sp³-hybridized carbons (Fsp3) is 0.625. The van der Waals surface area contributed by atoms with Gasteiger partial charge < -0.3 is 19.3 Å². The Kier molecular flexibility index (Phi) is 6.45. The van der Waals surface area contributed by atoms with Gasteiger partial charge in [0, 0.05) is 33.4 Å². The fourth-order valence-corrected chi connectivity index (χ4v) is 2.70. The molecule has 1 aliphatic rings. The van der Waals surface area contributed by atoms with Crippen LogP contribution in [-0.2, 0) is 16.0 Å². The molecule has 2 rings (SSSR count). The van der Waals surface area contributed by atoms with Crippen LogP contribution < -0.4 is 4.74 Å². The van der Waals surface area contributed by atoms with E-state index in [0.717, 1.165) is 25.3 Å². The van der Waals surface area contributed by atoms with Gasteiger partial charge >= 0.3 is 0 Å². The Bertz CT molecular complexity index is 426. The molecule has 21 heavy (non-hydrogen) atoms. The number of nitrogens with zero attached hydrogens (tertiary/aromatic N) is 1. The number of likely N-dealkylation sites (tertiary alicyclic amines) is 1. The van der Waals surface area contributed by atoms with Crippen LogP contribution in [0.2, 0.25) is 0 Å². The first-order chi connectivity index (χ1) is 10.3. The van der Waals surface area contributed by atoms with Gasteiger partial charge in [0.05, 0.1) is 19.3 Å². The smallest absolute Gasteiger partial charge is 0.119 e. The van der Waals surface area contributed by atoms with Gasteiger partial charge in [-0.05, 0) is 24.1 Å². The Hall–Kier alpha value is -1.14. The fourth-order valence-electron chi connectivity index (χ4n) is 2.70. The highest BCUT2D eigenvalue weighted by molar-refractivity contribution is 5.28. The van der Waals surface area contributed by atoms with Crippen molar-refractivity contribution in [2.24, 2.45) is 0 Å². The summed E-state index contributed by atoms with van der Waals surface area (Å²) in [5, 5.41) is 9.49. The van der Waals surface area contributed by atoms with Crippen molar-refractivity contribution in [1.29, 1.82) is 0 Å². The molecule has 0 bridgehead atoms. The maximum Gasteiger partial charge on any atom is 0.119 e. The zero-order valence-electron chi connectivity index (χ0n) is 12.8. The van der Waals surface area contributed by atoms with Gasteiger partial charge in [0.15, 0.2) is 0 Å². The predicted octanol–water partition coefficient (Wildman–Crippen LogP) is 1.29. The van der Waals surface area contributed by atoms with Crippen LogP contribution >= 0.6 is 0 Å². The van der Waals surface area contributed by atoms with E-state index in [1.807, 2.05) is 18.2 Å². The van der Waals surface area contributed by atoms with Crippen molar-refractivity contribution in [2.45, 2.75) is 25.1 Å². The van der Waals surface area contributed by atoms with Gasteiger partial charge in [-0.1, -0.05) is 12.1 Å². The van der Waals surface area contributed by atoms with E-state index in [9.17, 15) is 5.11 Å². The minimum absolute atomic E-state index is 0.171. The second-order valence-corrected chi connectivity index (χ2v) is 5.35. The molecule has 1 saturated heterocycles. The molecule has 1 aromatic carbocycles. The van der Waals surface area contributed by atoms with Gasteiger partial charge in [0.2, 0.25) is 0 Å². The van der Waals surface area contributed by atoms with Crippen molar-refractivity contribution in [1.82, 2.24) is 4.90 Å². The van der Waals surface area contributed by atoms with Crippen molar-refractivity contribution in [3.8, 4) is 5.75 Å². The molecule has 2 atom stereocenters. The van der Waals surface area contributed by atoms with Gasteiger partial charge in [0.25, 0.3) is 0 Å². The molecule has 0 spiro atoms. The molecule has 0 amide bonds. The second kappa shape index (κ2) is 8.34. The van der Waals surface area contributed by atoms with Gasteiger partial charge in [0.1, 0.15) is 12.4 Å². The minimum Gasteiger partial charge on any atom is -0.491 e. The first-order valence-corrected chi connectivity index (χ1v) is 7.35. The molecule has 5 nitrogen and oxygen atoms in total. The van der Waals surface area contributed by atoms with Gasteiger partial charge in [-0.3, -0.25) is 4.90 Å². The lowest BCUT2D eigenvalue weighted by Crippen LogP contribution is -2.31. The van der Waals surface area contributed by atoms with Gasteiger partial charge in [-0.25, -0.2) is 0 Å². The highest BCUT2D eigenvalue weighted by Gasteiger charge is 2.31. The minimum atomic E-state index is 0.171. The Morgan fingerprint density at radius 2 is 2.14 bits per heavy atom. The molecular weight excluding hydrogens is 270 g/mol. The van der Waals surface area contributed by atoms with Crippen molar-refractivity contribution in [2.75, 3.05) is 40.6 Å². The molecule has 0 saturated carbocycles. The molecular formula is C16H25NO4. The Morgan fingerprint density at radius 1 is 1.29 bits per heavy atom. The third-order valence-corrected chi connectivity index (χ3v) is 3.87. The number of aliphatic hydroxyl groups is 1. The van der Waals surface area contributed by atoms with Crippen molar-refractivity contribution >= 4 is 0 Å². The molecule has 0 radical (unpaired) electrons. The van der Waals surface area contributed by atoms with Crippen LogP contribution in [0.3, 0.4) is 0 Å². The van der Waals surface area contributed by atoms with E-state index in [0.29, 0.717) is 13.2 Å². The average molecular weight is 295 g/mol. The first-order valence-electron chi connectivity index (χ1n) is 7.35. The Morgan fingerprint density at radius 3 is 2.86 bits per heavy atom. The number of methoxy groups -OCH3 is 2. The van der Waals surface area contributed by atoms with Crippen LogP contribution in [0.5, 0.6) is 5.75 Å². The van der Waals surface area contributed by atoms with E-state index in [-0.39, 0.29) is 18.8 Å². The lowest BCUT2D eigenvalue weighted by Gasteiger charge is -2.22. The molecule has 0 aliphatic carbocycles. The quantitative estimate of drug-likeness (QED) is 0.733. The summed E-state index contributed by atoms with van der Waals surface area (Å²) in [4.78, 5) is 2.27. The molecule has 1 heterocycles. The molecule has 1 N–H and O–H groups in total. The number of hydrogen-bond donors (Lipinski definition) is 1. The molecule has 1 fully saturated rings. The second-order valence-electron chi connectivity index (χ2n) is 5.35. The van der Waals surface area contributed by atoms with Crippen molar-refractivity contribution in [3.05, 3.63) is 29.8 Å². The van der Waals surface area contributed by atoms with Crippen LogP contribution in [-0.4, -0.2) is 62.7 Å². The van der Waals surface area contributed by atoms with E-state index < -0.39 is 0 Å².